The van der Waals surface area contributed by atoms with E-state index in [4.69, 9.17) is 4.74 Å². The zero-order valence-electron chi connectivity index (χ0n) is 17.3. The molecule has 0 aromatic heterocycles. The van der Waals surface area contributed by atoms with E-state index in [1.807, 2.05) is 25.7 Å². The lowest BCUT2D eigenvalue weighted by molar-refractivity contribution is -0.122. The van der Waals surface area contributed by atoms with Gasteiger partial charge in [0, 0.05) is 18.6 Å². The maximum atomic E-state index is 12.6. The van der Waals surface area contributed by atoms with E-state index in [2.05, 4.69) is 15.5 Å². The first-order chi connectivity index (χ1) is 13.2. The predicted octanol–water partition coefficient (Wildman–Crippen LogP) is 2.23. The standard InChI is InChI=1S/C20H34N4O4/c1-20(2,3)28-19(27)24-12-6-8-16(24)15-7-4-5-11-23(15)13-17(25)22-18(26)21-14-9-10-14/h14-16H,4-13H2,1-3H3,(H2,21,22,25,26)/t15-,16+/m0/s1. The Kier molecular flexibility index (Phi) is 6.47. The number of imide groups is 1. The highest BCUT2D eigenvalue weighted by Crippen LogP contribution is 2.30. The Balaban J connectivity index is 1.59. The zero-order chi connectivity index (χ0) is 20.3. The molecule has 2 N–H and O–H groups in total. The third-order valence-electron chi connectivity index (χ3n) is 5.55. The van der Waals surface area contributed by atoms with E-state index in [1.165, 1.54) is 0 Å². The topological polar surface area (TPSA) is 91.0 Å². The molecule has 0 aromatic rings. The van der Waals surface area contributed by atoms with E-state index in [1.54, 1.807) is 0 Å². The zero-order valence-corrected chi connectivity index (χ0v) is 17.3. The molecule has 0 aromatic carbocycles. The van der Waals surface area contributed by atoms with E-state index in [0.29, 0.717) is 6.54 Å². The number of likely N-dealkylation sites (tertiary alicyclic amines) is 2. The van der Waals surface area contributed by atoms with Gasteiger partial charge in [-0.3, -0.25) is 15.0 Å². The molecule has 2 saturated heterocycles. The highest BCUT2D eigenvalue weighted by Gasteiger charge is 2.40. The molecule has 158 valence electrons. The molecule has 3 fully saturated rings. The van der Waals surface area contributed by atoms with E-state index < -0.39 is 11.6 Å². The lowest BCUT2D eigenvalue weighted by Crippen LogP contribution is -2.56. The van der Waals surface area contributed by atoms with Crippen molar-refractivity contribution in [2.45, 2.75) is 89.4 Å². The summed E-state index contributed by atoms with van der Waals surface area (Å²) in [6.45, 7) is 7.31. The van der Waals surface area contributed by atoms with Crippen LogP contribution < -0.4 is 10.6 Å². The third-order valence-corrected chi connectivity index (χ3v) is 5.55. The summed E-state index contributed by atoms with van der Waals surface area (Å²) in [7, 11) is 0. The molecule has 0 spiro atoms. The van der Waals surface area contributed by atoms with Crippen LogP contribution in [-0.4, -0.2) is 71.2 Å². The van der Waals surface area contributed by atoms with Crippen LogP contribution in [0, 0.1) is 0 Å². The first-order valence-electron chi connectivity index (χ1n) is 10.6. The fraction of sp³-hybridized carbons (Fsp3) is 0.850. The van der Waals surface area contributed by atoms with Gasteiger partial charge < -0.3 is 15.0 Å². The minimum absolute atomic E-state index is 0.0586. The average Bonchev–Trinajstić information content (AvgIpc) is 3.25. The van der Waals surface area contributed by atoms with Gasteiger partial charge in [0.1, 0.15) is 5.60 Å². The number of nitrogens with one attached hydrogen (secondary N) is 2. The fourth-order valence-corrected chi connectivity index (χ4v) is 4.19. The Bertz CT molecular complexity index is 600. The number of ether oxygens (including phenoxy) is 1. The number of piperidine rings is 1. The van der Waals surface area contributed by atoms with Gasteiger partial charge in [0.15, 0.2) is 0 Å². The van der Waals surface area contributed by atoms with Crippen molar-refractivity contribution in [2.24, 2.45) is 0 Å². The Morgan fingerprint density at radius 2 is 1.68 bits per heavy atom. The highest BCUT2D eigenvalue weighted by molar-refractivity contribution is 5.95. The molecule has 28 heavy (non-hydrogen) atoms. The van der Waals surface area contributed by atoms with E-state index in [-0.39, 0.29) is 36.7 Å². The minimum atomic E-state index is -0.523. The van der Waals surface area contributed by atoms with E-state index in [9.17, 15) is 14.4 Å². The average molecular weight is 395 g/mol. The van der Waals surface area contributed by atoms with Crippen LogP contribution in [0.1, 0.15) is 65.7 Å². The molecule has 0 bridgehead atoms. The lowest BCUT2D eigenvalue weighted by Gasteiger charge is -2.42. The summed E-state index contributed by atoms with van der Waals surface area (Å²) in [4.78, 5) is 40.8. The number of carbonyl (C=O) groups excluding carboxylic acids is 3. The summed E-state index contributed by atoms with van der Waals surface area (Å²) < 4.78 is 5.59. The largest absolute Gasteiger partial charge is 0.444 e. The van der Waals surface area contributed by atoms with E-state index in [0.717, 1.165) is 51.5 Å². The van der Waals surface area contributed by atoms with Gasteiger partial charge in [-0.05, 0) is 65.8 Å². The van der Waals surface area contributed by atoms with Gasteiger partial charge in [0.05, 0.1) is 12.6 Å². The van der Waals surface area contributed by atoms with Crippen LogP contribution in [0.5, 0.6) is 0 Å². The highest BCUT2D eigenvalue weighted by atomic mass is 16.6. The van der Waals surface area contributed by atoms with Gasteiger partial charge in [-0.2, -0.15) is 0 Å². The van der Waals surface area contributed by atoms with Crippen molar-refractivity contribution in [2.75, 3.05) is 19.6 Å². The van der Waals surface area contributed by atoms with Crippen molar-refractivity contribution in [3.8, 4) is 0 Å². The second kappa shape index (κ2) is 8.68. The Hall–Kier alpha value is -1.83. The van der Waals surface area contributed by atoms with Gasteiger partial charge in [0.2, 0.25) is 5.91 Å². The molecule has 0 radical (unpaired) electrons. The van der Waals surface area contributed by atoms with Gasteiger partial charge in [-0.15, -0.1) is 0 Å². The molecule has 8 heteroatoms. The summed E-state index contributed by atoms with van der Waals surface area (Å²) in [6.07, 6.45) is 6.63. The van der Waals surface area contributed by atoms with E-state index >= 15 is 0 Å². The molecule has 3 rings (SSSR count). The van der Waals surface area contributed by atoms with Crippen molar-refractivity contribution in [1.29, 1.82) is 0 Å². The number of rotatable bonds is 4. The van der Waals surface area contributed by atoms with Crippen LogP contribution in [0.3, 0.4) is 0 Å². The van der Waals surface area contributed by atoms with Crippen molar-refractivity contribution >= 4 is 18.0 Å². The Morgan fingerprint density at radius 1 is 0.964 bits per heavy atom. The number of carbonyl (C=O) groups is 3. The first kappa shape index (κ1) is 20.9. The normalized spacial score (nSPS) is 26.0. The van der Waals surface area contributed by atoms with Gasteiger partial charge >= 0.3 is 12.1 Å². The Labute approximate surface area is 167 Å². The van der Waals surface area contributed by atoms with Crippen molar-refractivity contribution in [3.05, 3.63) is 0 Å². The number of nitrogens with zero attached hydrogens (tertiary/aromatic N) is 2. The molecule has 4 amide bonds. The monoisotopic (exact) mass is 394 g/mol. The van der Waals surface area contributed by atoms with Crippen LogP contribution >= 0.6 is 0 Å². The lowest BCUT2D eigenvalue weighted by atomic mass is 9.94. The summed E-state index contributed by atoms with van der Waals surface area (Å²) >= 11 is 0. The minimum Gasteiger partial charge on any atom is -0.444 e. The molecule has 0 unspecified atom stereocenters. The van der Waals surface area contributed by atoms with Crippen molar-refractivity contribution in [3.63, 3.8) is 0 Å². The number of hydrogen-bond donors (Lipinski definition) is 2. The summed E-state index contributed by atoms with van der Waals surface area (Å²) in [5, 5.41) is 5.21. The van der Waals surface area contributed by atoms with Gasteiger partial charge in [-0.25, -0.2) is 9.59 Å². The molecule has 1 aliphatic carbocycles. The molecule has 8 nitrogen and oxygen atoms in total. The maximum Gasteiger partial charge on any atom is 0.410 e. The quantitative estimate of drug-likeness (QED) is 0.763. The summed E-state index contributed by atoms with van der Waals surface area (Å²) in [5.74, 6) is -0.285. The third kappa shape index (κ3) is 5.83. The number of hydrogen-bond acceptors (Lipinski definition) is 5. The second-order valence-electron chi connectivity index (χ2n) is 9.21. The van der Waals surface area contributed by atoms with Crippen LogP contribution in [0.15, 0.2) is 0 Å². The molecular formula is C20H34N4O4. The predicted molar refractivity (Wildman–Crippen MR) is 105 cm³/mol. The SMILES string of the molecule is CC(C)(C)OC(=O)N1CCC[C@@H]1[C@@H]1CCCCN1CC(=O)NC(=O)NC1CC1. The smallest absolute Gasteiger partial charge is 0.410 e. The molecule has 2 atom stereocenters. The maximum absolute atomic E-state index is 12.6. The number of urea groups is 1. The number of amides is 4. The van der Waals surface area contributed by atoms with Gasteiger partial charge in [-0.1, -0.05) is 6.42 Å². The van der Waals surface area contributed by atoms with Crippen LogP contribution in [-0.2, 0) is 9.53 Å². The van der Waals surface area contributed by atoms with Crippen LogP contribution in [0.4, 0.5) is 9.59 Å². The van der Waals surface area contributed by atoms with Crippen molar-refractivity contribution in [1.82, 2.24) is 20.4 Å². The first-order valence-corrected chi connectivity index (χ1v) is 10.6. The van der Waals surface area contributed by atoms with Crippen LogP contribution in [0.2, 0.25) is 0 Å². The fourth-order valence-electron chi connectivity index (χ4n) is 4.19. The molecular weight excluding hydrogens is 360 g/mol. The second-order valence-corrected chi connectivity index (χ2v) is 9.21. The van der Waals surface area contributed by atoms with Gasteiger partial charge in [0.25, 0.3) is 0 Å². The van der Waals surface area contributed by atoms with Crippen molar-refractivity contribution < 1.29 is 19.1 Å². The molecule has 2 heterocycles. The molecule has 3 aliphatic rings. The summed E-state index contributed by atoms with van der Waals surface area (Å²) in [6, 6.07) is -0.00188. The Morgan fingerprint density at radius 3 is 2.36 bits per heavy atom. The van der Waals surface area contributed by atoms with Crippen LogP contribution in [0.25, 0.3) is 0 Å². The summed E-state index contributed by atoms with van der Waals surface area (Å²) in [5.41, 5.74) is -0.523. The molecule has 2 aliphatic heterocycles. The molecule has 1 saturated carbocycles.